The quantitative estimate of drug-likeness (QED) is 0.861. The third-order valence-electron chi connectivity index (χ3n) is 3.82. The maximum Gasteiger partial charge on any atom is 0.257 e. The highest BCUT2D eigenvalue weighted by molar-refractivity contribution is 5.94. The van der Waals surface area contributed by atoms with Crippen LogP contribution < -0.4 is 0 Å². The van der Waals surface area contributed by atoms with Gasteiger partial charge in [0.1, 0.15) is 0 Å². The lowest BCUT2D eigenvalue weighted by Gasteiger charge is -2.23. The molecule has 2 aromatic heterocycles. The normalized spacial score (nSPS) is 17.7. The summed E-state index contributed by atoms with van der Waals surface area (Å²) >= 11 is 0. The number of carbonyl (C=O) groups is 1. The van der Waals surface area contributed by atoms with Crippen LogP contribution >= 0.6 is 0 Å². The maximum atomic E-state index is 12.6. The van der Waals surface area contributed by atoms with Gasteiger partial charge in [-0.15, -0.1) is 0 Å². The van der Waals surface area contributed by atoms with Gasteiger partial charge in [-0.3, -0.25) is 9.78 Å². The van der Waals surface area contributed by atoms with Crippen LogP contribution in [0.5, 0.6) is 0 Å². The first kappa shape index (κ1) is 14.6. The lowest BCUT2D eigenvalue weighted by Crippen LogP contribution is -2.38. The number of ether oxygens (including phenoxy) is 1. The van der Waals surface area contributed by atoms with Crippen molar-refractivity contribution in [1.82, 2.24) is 19.9 Å². The molecule has 1 fully saturated rings. The number of aromatic nitrogens is 3. The van der Waals surface area contributed by atoms with Gasteiger partial charge in [-0.2, -0.15) is 0 Å². The van der Waals surface area contributed by atoms with Crippen LogP contribution in [0.1, 0.15) is 23.2 Å². The van der Waals surface area contributed by atoms with E-state index in [1.807, 2.05) is 17.0 Å². The van der Waals surface area contributed by atoms with E-state index in [4.69, 9.17) is 4.74 Å². The molecule has 1 aliphatic rings. The minimum atomic E-state index is -0.0303. The molecule has 0 radical (unpaired) electrons. The number of amides is 1. The van der Waals surface area contributed by atoms with Gasteiger partial charge >= 0.3 is 0 Å². The fraction of sp³-hybridized carbons (Fsp3) is 0.375. The van der Waals surface area contributed by atoms with Crippen molar-refractivity contribution in [2.45, 2.75) is 18.9 Å². The van der Waals surface area contributed by atoms with Gasteiger partial charge in [0.25, 0.3) is 5.91 Å². The van der Waals surface area contributed by atoms with E-state index >= 15 is 0 Å². The molecule has 0 bridgehead atoms. The predicted octanol–water partition coefficient (Wildman–Crippen LogP) is 1.79. The van der Waals surface area contributed by atoms with E-state index in [1.165, 1.54) is 0 Å². The second-order valence-electron chi connectivity index (χ2n) is 5.29. The average Bonchev–Trinajstić information content (AvgIpc) is 3.04. The van der Waals surface area contributed by atoms with Crippen molar-refractivity contribution in [1.29, 1.82) is 0 Å². The van der Waals surface area contributed by atoms with Crippen molar-refractivity contribution >= 4 is 5.91 Å². The van der Waals surface area contributed by atoms with Gasteiger partial charge in [-0.05, 0) is 25.0 Å². The van der Waals surface area contributed by atoms with Gasteiger partial charge in [0, 0.05) is 44.0 Å². The van der Waals surface area contributed by atoms with Crippen LogP contribution in [0.2, 0.25) is 0 Å². The summed E-state index contributed by atoms with van der Waals surface area (Å²) in [6.07, 6.45) is 8.55. The Kier molecular flexibility index (Phi) is 4.39. The summed E-state index contributed by atoms with van der Waals surface area (Å²) in [5, 5.41) is 0. The molecule has 6 heteroatoms. The van der Waals surface area contributed by atoms with Crippen LogP contribution in [0.4, 0.5) is 0 Å². The van der Waals surface area contributed by atoms with Gasteiger partial charge in [-0.25, -0.2) is 9.97 Å². The maximum absolute atomic E-state index is 12.6. The summed E-state index contributed by atoms with van der Waals surface area (Å²) in [4.78, 5) is 27.0. The predicted molar refractivity (Wildman–Crippen MR) is 81.2 cm³/mol. The fourth-order valence-electron chi connectivity index (χ4n) is 2.72. The third-order valence-corrected chi connectivity index (χ3v) is 3.82. The molecule has 1 aliphatic heterocycles. The zero-order valence-electron chi connectivity index (χ0n) is 12.5. The lowest BCUT2D eigenvalue weighted by atomic mass is 10.2. The van der Waals surface area contributed by atoms with E-state index in [1.54, 1.807) is 31.9 Å². The van der Waals surface area contributed by atoms with Crippen LogP contribution in [0.15, 0.2) is 36.9 Å². The SMILES string of the molecule is COC[C@@H]1CCCN1C(=O)c1cnc(-c2cccnc2)nc1. The van der Waals surface area contributed by atoms with E-state index in [0.29, 0.717) is 18.0 Å². The first-order valence-corrected chi connectivity index (χ1v) is 7.32. The number of carbonyl (C=O) groups excluding carboxylic acids is 1. The number of nitrogens with zero attached hydrogens (tertiary/aromatic N) is 4. The Labute approximate surface area is 129 Å². The molecular formula is C16H18N4O2. The molecule has 1 amide bonds. The lowest BCUT2D eigenvalue weighted by molar-refractivity contribution is 0.0630. The summed E-state index contributed by atoms with van der Waals surface area (Å²) in [6.45, 7) is 1.33. The molecule has 2 aromatic rings. The fourth-order valence-corrected chi connectivity index (χ4v) is 2.72. The van der Waals surface area contributed by atoms with Gasteiger partial charge in [-0.1, -0.05) is 0 Å². The van der Waals surface area contributed by atoms with Crippen molar-refractivity contribution in [3.63, 3.8) is 0 Å². The smallest absolute Gasteiger partial charge is 0.257 e. The monoisotopic (exact) mass is 298 g/mol. The topological polar surface area (TPSA) is 68.2 Å². The highest BCUT2D eigenvalue weighted by atomic mass is 16.5. The average molecular weight is 298 g/mol. The van der Waals surface area contributed by atoms with Crippen molar-refractivity contribution < 1.29 is 9.53 Å². The number of methoxy groups -OCH3 is 1. The van der Waals surface area contributed by atoms with Gasteiger partial charge in [0.2, 0.25) is 0 Å². The minimum Gasteiger partial charge on any atom is -0.383 e. The molecule has 22 heavy (non-hydrogen) atoms. The zero-order valence-corrected chi connectivity index (χ0v) is 12.5. The highest BCUT2D eigenvalue weighted by Gasteiger charge is 2.29. The molecule has 6 nitrogen and oxygen atoms in total. The van der Waals surface area contributed by atoms with Gasteiger partial charge < -0.3 is 9.64 Å². The molecular weight excluding hydrogens is 280 g/mol. The Morgan fingerprint density at radius 3 is 2.86 bits per heavy atom. The van der Waals surface area contributed by atoms with E-state index < -0.39 is 0 Å². The van der Waals surface area contributed by atoms with Crippen molar-refractivity contribution in [2.24, 2.45) is 0 Å². The third kappa shape index (κ3) is 2.96. The number of likely N-dealkylation sites (tertiary alicyclic amines) is 1. The molecule has 1 atom stereocenters. The second-order valence-corrected chi connectivity index (χ2v) is 5.29. The van der Waals surface area contributed by atoms with E-state index in [2.05, 4.69) is 15.0 Å². The van der Waals surface area contributed by atoms with E-state index in [0.717, 1.165) is 24.9 Å². The largest absolute Gasteiger partial charge is 0.383 e. The molecule has 0 saturated carbocycles. The Bertz CT molecular complexity index is 630. The zero-order chi connectivity index (χ0) is 15.4. The molecule has 114 valence electrons. The standard InChI is InChI=1S/C16H18N4O2/c1-22-11-14-5-3-7-20(14)16(21)13-9-18-15(19-10-13)12-4-2-6-17-8-12/h2,4,6,8-10,14H,3,5,7,11H2,1H3/t14-/m0/s1. The summed E-state index contributed by atoms with van der Waals surface area (Å²) in [5.74, 6) is 0.539. The molecule has 0 aliphatic carbocycles. The van der Waals surface area contributed by atoms with Crippen LogP contribution in [-0.2, 0) is 4.74 Å². The highest BCUT2D eigenvalue weighted by Crippen LogP contribution is 2.20. The number of pyridine rings is 1. The van der Waals surface area contributed by atoms with Crippen LogP contribution in [0, 0.1) is 0 Å². The summed E-state index contributed by atoms with van der Waals surface area (Å²) in [6, 6.07) is 3.87. The summed E-state index contributed by atoms with van der Waals surface area (Å²) in [5.41, 5.74) is 1.34. The first-order chi connectivity index (χ1) is 10.8. The Morgan fingerprint density at radius 2 is 2.18 bits per heavy atom. The second kappa shape index (κ2) is 6.62. The summed E-state index contributed by atoms with van der Waals surface area (Å²) < 4.78 is 5.19. The molecule has 0 unspecified atom stereocenters. The Balaban J connectivity index is 1.76. The minimum absolute atomic E-state index is 0.0303. The van der Waals surface area contributed by atoms with Crippen LogP contribution in [-0.4, -0.2) is 52.1 Å². The molecule has 1 saturated heterocycles. The molecule has 3 rings (SSSR count). The van der Waals surface area contributed by atoms with Crippen molar-refractivity contribution in [2.75, 3.05) is 20.3 Å². The molecule has 0 N–H and O–H groups in total. The number of rotatable bonds is 4. The summed E-state index contributed by atoms with van der Waals surface area (Å²) in [7, 11) is 1.66. The van der Waals surface area contributed by atoms with Crippen LogP contribution in [0.3, 0.4) is 0 Å². The molecule has 3 heterocycles. The van der Waals surface area contributed by atoms with Crippen molar-refractivity contribution in [3.8, 4) is 11.4 Å². The number of hydrogen-bond acceptors (Lipinski definition) is 5. The molecule has 0 spiro atoms. The number of hydrogen-bond donors (Lipinski definition) is 0. The van der Waals surface area contributed by atoms with Crippen LogP contribution in [0.25, 0.3) is 11.4 Å². The van der Waals surface area contributed by atoms with E-state index in [9.17, 15) is 4.79 Å². The first-order valence-electron chi connectivity index (χ1n) is 7.32. The van der Waals surface area contributed by atoms with Crippen molar-refractivity contribution in [3.05, 3.63) is 42.5 Å². The van der Waals surface area contributed by atoms with Gasteiger partial charge in [0.15, 0.2) is 5.82 Å². The Hall–Kier alpha value is -2.34. The Morgan fingerprint density at radius 1 is 1.36 bits per heavy atom. The van der Waals surface area contributed by atoms with Gasteiger partial charge in [0.05, 0.1) is 18.2 Å². The molecule has 0 aromatic carbocycles. The van der Waals surface area contributed by atoms with E-state index in [-0.39, 0.29) is 11.9 Å².